The van der Waals surface area contributed by atoms with Gasteiger partial charge in [-0.05, 0) is 17.8 Å². The van der Waals surface area contributed by atoms with Gasteiger partial charge in [0.15, 0.2) is 0 Å². The second-order valence-electron chi connectivity index (χ2n) is 5.04. The molecule has 1 fully saturated rings. The number of amides is 1. The summed E-state index contributed by atoms with van der Waals surface area (Å²) < 4.78 is 1.23. The number of hydrogen-bond acceptors (Lipinski definition) is 5. The quantitative estimate of drug-likeness (QED) is 0.602. The standard InChI is InChI=1S/C12H18N4O4/c17-10-4-2-1-3-9(10)7-13-12(18)8-15-6-5-11(14-15)16(19)20/h5-6,9-10,17H,1-4,7-8H2,(H,13,18). The molecule has 0 spiro atoms. The smallest absolute Gasteiger partial charge is 0.389 e. The van der Waals surface area contributed by atoms with Crippen molar-refractivity contribution in [2.45, 2.75) is 38.3 Å². The molecule has 1 aromatic heterocycles. The Bertz CT molecular complexity index is 488. The fourth-order valence-corrected chi connectivity index (χ4v) is 2.41. The van der Waals surface area contributed by atoms with E-state index in [0.717, 1.165) is 25.7 Å². The molecule has 8 nitrogen and oxygen atoms in total. The second-order valence-corrected chi connectivity index (χ2v) is 5.04. The summed E-state index contributed by atoms with van der Waals surface area (Å²) in [7, 11) is 0. The summed E-state index contributed by atoms with van der Waals surface area (Å²) in [5, 5.41) is 26.7. The molecule has 2 rings (SSSR count). The van der Waals surface area contributed by atoms with Crippen LogP contribution in [0.5, 0.6) is 0 Å². The molecule has 0 aliphatic heterocycles. The largest absolute Gasteiger partial charge is 0.393 e. The Morgan fingerprint density at radius 2 is 2.30 bits per heavy atom. The number of rotatable bonds is 5. The third kappa shape index (κ3) is 3.77. The van der Waals surface area contributed by atoms with Gasteiger partial charge in [0.25, 0.3) is 0 Å². The highest BCUT2D eigenvalue weighted by Crippen LogP contribution is 2.23. The minimum Gasteiger partial charge on any atom is -0.393 e. The van der Waals surface area contributed by atoms with Crippen molar-refractivity contribution in [2.24, 2.45) is 5.92 Å². The van der Waals surface area contributed by atoms with Crippen LogP contribution in [0, 0.1) is 16.0 Å². The second kappa shape index (κ2) is 6.47. The number of carbonyl (C=O) groups excluding carboxylic acids is 1. The fraction of sp³-hybridized carbons (Fsp3) is 0.667. The van der Waals surface area contributed by atoms with Crippen molar-refractivity contribution in [1.82, 2.24) is 15.1 Å². The molecule has 0 radical (unpaired) electrons. The maximum absolute atomic E-state index is 11.7. The Labute approximate surface area is 115 Å². The number of nitrogens with zero attached hydrogens (tertiary/aromatic N) is 3. The number of nitro groups is 1. The zero-order valence-electron chi connectivity index (χ0n) is 11.1. The van der Waals surface area contributed by atoms with E-state index in [1.54, 1.807) is 0 Å². The summed E-state index contributed by atoms with van der Waals surface area (Å²) in [6.07, 6.45) is 4.84. The van der Waals surface area contributed by atoms with E-state index in [4.69, 9.17) is 0 Å². The average molecular weight is 282 g/mol. The topological polar surface area (TPSA) is 110 Å². The van der Waals surface area contributed by atoms with Crippen molar-refractivity contribution in [3.63, 3.8) is 0 Å². The first kappa shape index (κ1) is 14.4. The third-order valence-electron chi connectivity index (χ3n) is 3.55. The summed E-state index contributed by atoms with van der Waals surface area (Å²) >= 11 is 0. The van der Waals surface area contributed by atoms with E-state index in [9.17, 15) is 20.0 Å². The number of carbonyl (C=O) groups is 1. The van der Waals surface area contributed by atoms with Crippen molar-refractivity contribution < 1.29 is 14.8 Å². The van der Waals surface area contributed by atoms with E-state index >= 15 is 0 Å². The Morgan fingerprint density at radius 3 is 2.95 bits per heavy atom. The molecule has 1 aliphatic carbocycles. The molecule has 1 amide bonds. The predicted octanol–water partition coefficient (Wildman–Crippen LogP) is 0.459. The molecular weight excluding hydrogens is 264 g/mol. The molecule has 0 saturated heterocycles. The number of hydrogen-bond donors (Lipinski definition) is 2. The average Bonchev–Trinajstić information content (AvgIpc) is 2.86. The predicted molar refractivity (Wildman–Crippen MR) is 69.9 cm³/mol. The number of nitrogens with one attached hydrogen (secondary N) is 1. The van der Waals surface area contributed by atoms with Gasteiger partial charge in [0.1, 0.15) is 6.54 Å². The van der Waals surface area contributed by atoms with E-state index in [-0.39, 0.29) is 30.3 Å². The molecule has 2 atom stereocenters. The lowest BCUT2D eigenvalue weighted by atomic mass is 9.86. The molecule has 1 heterocycles. The SMILES string of the molecule is O=C(Cn1ccc([N+](=O)[O-])n1)NCC1CCCCC1O. The van der Waals surface area contributed by atoms with E-state index in [0.29, 0.717) is 6.54 Å². The van der Waals surface area contributed by atoms with E-state index in [1.165, 1.54) is 16.9 Å². The van der Waals surface area contributed by atoms with Crippen molar-refractivity contribution in [2.75, 3.05) is 6.54 Å². The maximum Gasteiger partial charge on any atom is 0.389 e. The fourth-order valence-electron chi connectivity index (χ4n) is 2.41. The van der Waals surface area contributed by atoms with Gasteiger partial charge >= 0.3 is 5.82 Å². The highest BCUT2D eigenvalue weighted by Gasteiger charge is 2.23. The Kier molecular flexibility index (Phi) is 4.67. The zero-order chi connectivity index (χ0) is 14.5. The van der Waals surface area contributed by atoms with Crippen molar-refractivity contribution in [3.8, 4) is 0 Å². The summed E-state index contributed by atoms with van der Waals surface area (Å²) in [6.45, 7) is 0.375. The lowest BCUT2D eigenvalue weighted by Gasteiger charge is -2.27. The molecule has 2 N–H and O–H groups in total. The molecular formula is C12H18N4O4. The number of aromatic nitrogens is 2. The van der Waals surface area contributed by atoms with Crippen LogP contribution in [0.1, 0.15) is 25.7 Å². The highest BCUT2D eigenvalue weighted by molar-refractivity contribution is 5.75. The molecule has 1 aliphatic rings. The van der Waals surface area contributed by atoms with Crippen LogP contribution in [0.3, 0.4) is 0 Å². The Balaban J connectivity index is 1.78. The van der Waals surface area contributed by atoms with Crippen LogP contribution in [0.25, 0.3) is 0 Å². The molecule has 1 saturated carbocycles. The number of aliphatic hydroxyl groups excluding tert-OH is 1. The van der Waals surface area contributed by atoms with Crippen LogP contribution in [0.2, 0.25) is 0 Å². The lowest BCUT2D eigenvalue weighted by Crippen LogP contribution is -2.38. The first-order chi connectivity index (χ1) is 9.56. The minimum atomic E-state index is -0.604. The van der Waals surface area contributed by atoms with E-state index in [2.05, 4.69) is 10.4 Å². The first-order valence-corrected chi connectivity index (χ1v) is 6.69. The van der Waals surface area contributed by atoms with Crippen molar-refractivity contribution in [3.05, 3.63) is 22.4 Å². The van der Waals surface area contributed by atoms with Gasteiger partial charge in [-0.1, -0.05) is 12.8 Å². The molecule has 0 bridgehead atoms. The third-order valence-corrected chi connectivity index (χ3v) is 3.55. The monoisotopic (exact) mass is 282 g/mol. The Hall–Kier alpha value is -1.96. The summed E-state index contributed by atoms with van der Waals surface area (Å²) in [6, 6.07) is 1.25. The van der Waals surface area contributed by atoms with E-state index in [1.807, 2.05) is 0 Å². The van der Waals surface area contributed by atoms with Crippen molar-refractivity contribution >= 4 is 11.7 Å². The van der Waals surface area contributed by atoms with Crippen LogP contribution in [-0.2, 0) is 11.3 Å². The molecule has 0 aromatic carbocycles. The van der Waals surface area contributed by atoms with Gasteiger partial charge < -0.3 is 20.5 Å². The first-order valence-electron chi connectivity index (χ1n) is 6.69. The van der Waals surface area contributed by atoms with Gasteiger partial charge in [-0.3, -0.25) is 4.79 Å². The summed E-state index contributed by atoms with van der Waals surface area (Å²) in [4.78, 5) is 21.6. The van der Waals surface area contributed by atoms with Gasteiger partial charge in [-0.15, -0.1) is 0 Å². The van der Waals surface area contributed by atoms with Gasteiger partial charge in [0, 0.05) is 12.5 Å². The van der Waals surface area contributed by atoms with Crippen LogP contribution in [0.4, 0.5) is 5.82 Å². The van der Waals surface area contributed by atoms with Crippen LogP contribution >= 0.6 is 0 Å². The van der Waals surface area contributed by atoms with Crippen LogP contribution < -0.4 is 5.32 Å². The van der Waals surface area contributed by atoms with Gasteiger partial charge in [-0.2, -0.15) is 4.68 Å². The molecule has 2 unspecified atom stereocenters. The van der Waals surface area contributed by atoms with Gasteiger partial charge in [0.2, 0.25) is 5.91 Å². The highest BCUT2D eigenvalue weighted by atomic mass is 16.6. The Morgan fingerprint density at radius 1 is 1.55 bits per heavy atom. The zero-order valence-corrected chi connectivity index (χ0v) is 11.1. The van der Waals surface area contributed by atoms with Crippen molar-refractivity contribution in [1.29, 1.82) is 0 Å². The van der Waals surface area contributed by atoms with E-state index < -0.39 is 4.92 Å². The lowest BCUT2D eigenvalue weighted by molar-refractivity contribution is -0.389. The molecule has 110 valence electrons. The van der Waals surface area contributed by atoms with Gasteiger partial charge in [-0.25, -0.2) is 0 Å². The van der Waals surface area contributed by atoms with Gasteiger partial charge in [0.05, 0.1) is 23.5 Å². The van der Waals surface area contributed by atoms with Crippen LogP contribution in [-0.4, -0.2) is 38.4 Å². The molecule has 20 heavy (non-hydrogen) atoms. The minimum absolute atomic E-state index is 0.0589. The van der Waals surface area contributed by atoms with Crippen LogP contribution in [0.15, 0.2) is 12.3 Å². The summed E-state index contributed by atoms with van der Waals surface area (Å²) in [5.74, 6) is -0.444. The maximum atomic E-state index is 11.7. The molecule has 1 aromatic rings. The summed E-state index contributed by atoms with van der Waals surface area (Å²) in [5.41, 5.74) is 0. The number of aliphatic hydroxyl groups is 1. The normalized spacial score (nSPS) is 22.4. The molecule has 8 heteroatoms.